The van der Waals surface area contributed by atoms with E-state index < -0.39 is 0 Å². The van der Waals surface area contributed by atoms with Crippen LogP contribution in [0.25, 0.3) is 0 Å². The number of esters is 1. The first-order valence-electron chi connectivity index (χ1n) is 7.90. The number of ether oxygens (including phenoxy) is 2. The van der Waals surface area contributed by atoms with Crippen molar-refractivity contribution in [3.63, 3.8) is 0 Å². The van der Waals surface area contributed by atoms with Crippen LogP contribution < -0.4 is 0 Å². The molecule has 0 unspecified atom stereocenters. The van der Waals surface area contributed by atoms with E-state index >= 15 is 0 Å². The average molecular weight is 298 g/mol. The molecule has 0 aliphatic heterocycles. The van der Waals surface area contributed by atoms with Gasteiger partial charge >= 0.3 is 35.5 Å². The monoisotopic (exact) mass is 298 g/mol. The van der Waals surface area contributed by atoms with Crippen LogP contribution in [0.2, 0.25) is 0 Å². The molecule has 0 aromatic rings. The maximum atomic E-state index is 10.4. The van der Waals surface area contributed by atoms with Gasteiger partial charge in [-0.1, -0.05) is 51.9 Å². The predicted molar refractivity (Wildman–Crippen MR) is 88.6 cm³/mol. The molecule has 0 radical (unpaired) electrons. The van der Waals surface area contributed by atoms with Crippen molar-refractivity contribution in [2.45, 2.75) is 79.1 Å². The van der Waals surface area contributed by atoms with Crippen LogP contribution in [0.15, 0.2) is 0 Å². The van der Waals surface area contributed by atoms with Crippen LogP contribution in [0.4, 0.5) is 0 Å². The quantitative estimate of drug-likeness (QED) is 0.327. The molecule has 0 rings (SSSR count). The van der Waals surface area contributed by atoms with Gasteiger partial charge in [-0.2, -0.15) is 0 Å². The van der Waals surface area contributed by atoms with Gasteiger partial charge in [-0.3, -0.25) is 4.79 Å². The van der Waals surface area contributed by atoms with Crippen LogP contribution in [0.5, 0.6) is 0 Å². The third-order valence-corrected chi connectivity index (χ3v) is 2.71. The normalized spacial score (nSPS) is 9.20. The SMILES string of the molecule is CCCCCCCCCCOC(C)=O.CCOCC.[NaH]. The fourth-order valence-electron chi connectivity index (χ4n) is 1.66. The summed E-state index contributed by atoms with van der Waals surface area (Å²) in [6, 6.07) is 0. The van der Waals surface area contributed by atoms with E-state index in [-0.39, 0.29) is 35.5 Å². The molecule has 4 heteroatoms. The second kappa shape index (κ2) is 24.4. The Morgan fingerprint density at radius 2 is 1.25 bits per heavy atom. The summed E-state index contributed by atoms with van der Waals surface area (Å²) < 4.78 is 9.68. The predicted octanol–water partition coefficient (Wildman–Crippen LogP) is 4.08. The first-order chi connectivity index (χ1) is 9.18. The van der Waals surface area contributed by atoms with Gasteiger partial charge in [0.25, 0.3) is 0 Å². The van der Waals surface area contributed by atoms with Crippen molar-refractivity contribution in [3.05, 3.63) is 0 Å². The van der Waals surface area contributed by atoms with Crippen molar-refractivity contribution in [3.8, 4) is 0 Å². The van der Waals surface area contributed by atoms with E-state index in [1.807, 2.05) is 13.8 Å². The second-order valence-electron chi connectivity index (χ2n) is 4.60. The van der Waals surface area contributed by atoms with Crippen molar-refractivity contribution in [1.29, 1.82) is 0 Å². The molecule has 0 aromatic carbocycles. The first kappa shape index (κ1) is 25.4. The third-order valence-electron chi connectivity index (χ3n) is 2.71. The summed E-state index contributed by atoms with van der Waals surface area (Å²) in [7, 11) is 0. The van der Waals surface area contributed by atoms with Crippen LogP contribution in [-0.4, -0.2) is 55.3 Å². The van der Waals surface area contributed by atoms with E-state index in [2.05, 4.69) is 6.92 Å². The standard InChI is InChI=1S/C12H24O2.C4H10O.Na.H/c1-3-4-5-6-7-8-9-10-11-14-12(2)13;1-3-5-4-2;;/h3-11H2,1-2H3;3-4H2,1-2H3;;. The summed E-state index contributed by atoms with van der Waals surface area (Å²) in [5.74, 6) is -0.159. The van der Waals surface area contributed by atoms with Gasteiger partial charge in [0.15, 0.2) is 0 Å². The molecule has 0 N–H and O–H groups in total. The summed E-state index contributed by atoms with van der Waals surface area (Å²) in [6.45, 7) is 9.97. The Morgan fingerprint density at radius 3 is 1.60 bits per heavy atom. The van der Waals surface area contributed by atoms with Crippen LogP contribution in [-0.2, 0) is 14.3 Å². The minimum absolute atomic E-state index is 0. The van der Waals surface area contributed by atoms with Crippen LogP contribution in [0.1, 0.15) is 79.1 Å². The number of carbonyl (C=O) groups excluding carboxylic acids is 1. The summed E-state index contributed by atoms with van der Waals surface area (Å²) >= 11 is 0. The Labute approximate surface area is 148 Å². The van der Waals surface area contributed by atoms with Crippen molar-refractivity contribution in [2.24, 2.45) is 0 Å². The summed E-state index contributed by atoms with van der Waals surface area (Å²) in [5, 5.41) is 0. The number of hydrogen-bond donors (Lipinski definition) is 0. The van der Waals surface area contributed by atoms with E-state index in [4.69, 9.17) is 9.47 Å². The fraction of sp³-hybridized carbons (Fsp3) is 0.938. The Morgan fingerprint density at radius 1 is 0.800 bits per heavy atom. The molecule has 3 nitrogen and oxygen atoms in total. The Bertz CT molecular complexity index is 173. The average Bonchev–Trinajstić information content (AvgIpc) is 2.38. The summed E-state index contributed by atoms with van der Waals surface area (Å²) in [6.07, 6.45) is 10.2. The molecule has 0 saturated heterocycles. The molecular formula is C16H35NaO3. The maximum absolute atomic E-state index is 10.4. The van der Waals surface area contributed by atoms with Crippen molar-refractivity contribution >= 4 is 35.5 Å². The molecule has 20 heavy (non-hydrogen) atoms. The number of hydrogen-bond acceptors (Lipinski definition) is 3. The van der Waals surface area contributed by atoms with Crippen molar-refractivity contribution in [2.75, 3.05) is 19.8 Å². The molecule has 0 aliphatic carbocycles. The molecule has 0 amide bonds. The molecular weight excluding hydrogens is 263 g/mol. The van der Waals surface area contributed by atoms with E-state index in [1.165, 1.54) is 51.9 Å². The zero-order valence-electron chi connectivity index (χ0n) is 13.5. The molecule has 118 valence electrons. The molecule has 0 aliphatic rings. The molecule has 0 spiro atoms. The van der Waals surface area contributed by atoms with E-state index in [0.29, 0.717) is 6.61 Å². The van der Waals surface area contributed by atoms with Crippen LogP contribution >= 0.6 is 0 Å². The van der Waals surface area contributed by atoms with Gasteiger partial charge in [0.1, 0.15) is 0 Å². The third kappa shape index (κ3) is 31.0. The van der Waals surface area contributed by atoms with Gasteiger partial charge in [-0.15, -0.1) is 0 Å². The first-order valence-corrected chi connectivity index (χ1v) is 7.90. The van der Waals surface area contributed by atoms with Crippen molar-refractivity contribution < 1.29 is 14.3 Å². The molecule has 0 atom stereocenters. The number of unbranched alkanes of at least 4 members (excludes halogenated alkanes) is 7. The van der Waals surface area contributed by atoms with Crippen molar-refractivity contribution in [1.82, 2.24) is 0 Å². The molecule has 0 heterocycles. The van der Waals surface area contributed by atoms with E-state index in [0.717, 1.165) is 19.6 Å². The van der Waals surface area contributed by atoms with Crippen LogP contribution in [0.3, 0.4) is 0 Å². The minimum atomic E-state index is -0.159. The molecule has 0 saturated carbocycles. The van der Waals surface area contributed by atoms with Gasteiger partial charge in [0.05, 0.1) is 6.61 Å². The zero-order chi connectivity index (χ0) is 14.8. The molecule has 0 fully saturated rings. The second-order valence-corrected chi connectivity index (χ2v) is 4.60. The Balaban J connectivity index is -0.000000414. The number of rotatable bonds is 11. The van der Waals surface area contributed by atoms with Gasteiger partial charge in [0, 0.05) is 20.1 Å². The summed E-state index contributed by atoms with van der Waals surface area (Å²) in [5.41, 5.74) is 0. The van der Waals surface area contributed by atoms with Gasteiger partial charge in [-0.25, -0.2) is 0 Å². The summed E-state index contributed by atoms with van der Waals surface area (Å²) in [4.78, 5) is 10.4. The van der Waals surface area contributed by atoms with E-state index in [9.17, 15) is 4.79 Å². The van der Waals surface area contributed by atoms with Crippen LogP contribution in [0, 0.1) is 0 Å². The van der Waals surface area contributed by atoms with E-state index in [1.54, 1.807) is 0 Å². The van der Waals surface area contributed by atoms with Gasteiger partial charge in [-0.05, 0) is 20.3 Å². The zero-order valence-corrected chi connectivity index (χ0v) is 13.5. The Hall–Kier alpha value is 0.430. The van der Waals surface area contributed by atoms with Gasteiger partial charge in [0.2, 0.25) is 0 Å². The van der Waals surface area contributed by atoms with Gasteiger partial charge < -0.3 is 9.47 Å². The topological polar surface area (TPSA) is 35.5 Å². The number of carbonyl (C=O) groups is 1. The Kier molecular flexibility index (Phi) is 31.0. The molecule has 0 bridgehead atoms. The molecule has 0 aromatic heterocycles. The fourth-order valence-corrected chi connectivity index (χ4v) is 1.66.